The summed E-state index contributed by atoms with van der Waals surface area (Å²) in [6.45, 7) is 0. The predicted octanol–water partition coefficient (Wildman–Crippen LogP) is 2.86. The number of ketones is 2. The lowest BCUT2D eigenvalue weighted by atomic mass is 10.1. The zero-order chi connectivity index (χ0) is 16.6. The number of benzene rings is 2. The van der Waals surface area contributed by atoms with Crippen molar-refractivity contribution in [3.8, 4) is 5.75 Å². The molecule has 0 saturated heterocycles. The van der Waals surface area contributed by atoms with Crippen LogP contribution in [0.5, 0.6) is 5.75 Å². The summed E-state index contributed by atoms with van der Waals surface area (Å²) in [5.74, 6) is -1.39. The highest BCUT2D eigenvalue weighted by atomic mass is 16.5. The molecular formula is C18H12O5. The summed E-state index contributed by atoms with van der Waals surface area (Å²) in [6.07, 6.45) is 1.49. The van der Waals surface area contributed by atoms with E-state index in [1.54, 1.807) is 24.3 Å². The number of ether oxygens (including phenoxy) is 1. The minimum absolute atomic E-state index is 0.0208. The second-order valence-electron chi connectivity index (χ2n) is 5.06. The average Bonchev–Trinajstić information content (AvgIpc) is 2.79. The summed E-state index contributed by atoms with van der Waals surface area (Å²) in [6, 6.07) is 10.9. The van der Waals surface area contributed by atoms with Crippen LogP contribution in [0.4, 0.5) is 0 Å². The lowest BCUT2D eigenvalue weighted by molar-refractivity contribution is 0.0696. The van der Waals surface area contributed by atoms with Crippen LogP contribution in [0.15, 0.2) is 48.0 Å². The Hall–Kier alpha value is -3.21. The molecule has 5 nitrogen and oxygen atoms in total. The van der Waals surface area contributed by atoms with Crippen molar-refractivity contribution in [1.82, 2.24) is 0 Å². The maximum Gasteiger partial charge on any atom is 0.335 e. The van der Waals surface area contributed by atoms with E-state index in [-0.39, 0.29) is 22.3 Å². The van der Waals surface area contributed by atoms with Gasteiger partial charge < -0.3 is 9.84 Å². The van der Waals surface area contributed by atoms with Crippen LogP contribution in [0.3, 0.4) is 0 Å². The number of carbonyl (C=O) groups is 3. The van der Waals surface area contributed by atoms with Crippen LogP contribution in [0, 0.1) is 0 Å². The fourth-order valence-corrected chi connectivity index (χ4v) is 2.49. The van der Waals surface area contributed by atoms with Gasteiger partial charge in [-0.05, 0) is 42.0 Å². The van der Waals surface area contributed by atoms with E-state index in [0.717, 1.165) is 0 Å². The van der Waals surface area contributed by atoms with Crippen molar-refractivity contribution in [3.63, 3.8) is 0 Å². The van der Waals surface area contributed by atoms with Crippen molar-refractivity contribution in [2.45, 2.75) is 0 Å². The van der Waals surface area contributed by atoms with E-state index in [1.807, 2.05) is 0 Å². The molecule has 0 aliphatic heterocycles. The van der Waals surface area contributed by atoms with Gasteiger partial charge in [0.15, 0.2) is 11.6 Å². The SMILES string of the molecule is COc1cccc(/C=C2/C(=O)c3ccc(C(=O)O)cc3C2=O)c1. The Morgan fingerprint density at radius 2 is 1.78 bits per heavy atom. The third kappa shape index (κ3) is 2.53. The summed E-state index contributed by atoms with van der Waals surface area (Å²) >= 11 is 0. The largest absolute Gasteiger partial charge is 0.497 e. The van der Waals surface area contributed by atoms with Crippen LogP contribution in [-0.2, 0) is 0 Å². The van der Waals surface area contributed by atoms with Gasteiger partial charge >= 0.3 is 5.97 Å². The zero-order valence-corrected chi connectivity index (χ0v) is 12.2. The third-order valence-corrected chi connectivity index (χ3v) is 3.65. The first-order valence-electron chi connectivity index (χ1n) is 6.84. The van der Waals surface area contributed by atoms with Crippen molar-refractivity contribution in [1.29, 1.82) is 0 Å². The van der Waals surface area contributed by atoms with Gasteiger partial charge in [0.1, 0.15) is 5.75 Å². The summed E-state index contributed by atoms with van der Waals surface area (Å²) in [7, 11) is 1.53. The molecule has 0 aromatic heterocycles. The number of aromatic carboxylic acids is 1. The Morgan fingerprint density at radius 3 is 2.48 bits per heavy atom. The van der Waals surface area contributed by atoms with Gasteiger partial charge in [0, 0.05) is 11.1 Å². The first-order valence-corrected chi connectivity index (χ1v) is 6.84. The van der Waals surface area contributed by atoms with Crippen molar-refractivity contribution in [3.05, 3.63) is 70.3 Å². The number of fused-ring (bicyclic) bond motifs is 1. The molecule has 23 heavy (non-hydrogen) atoms. The predicted molar refractivity (Wildman–Crippen MR) is 83.0 cm³/mol. The Balaban J connectivity index is 2.05. The number of methoxy groups -OCH3 is 1. The van der Waals surface area contributed by atoms with Crippen molar-refractivity contribution in [2.75, 3.05) is 7.11 Å². The highest BCUT2D eigenvalue weighted by Gasteiger charge is 2.33. The molecule has 114 valence electrons. The van der Waals surface area contributed by atoms with Crippen molar-refractivity contribution < 1.29 is 24.2 Å². The number of hydrogen-bond acceptors (Lipinski definition) is 4. The number of rotatable bonds is 3. The molecule has 1 aliphatic carbocycles. The molecule has 3 rings (SSSR count). The molecule has 0 heterocycles. The normalized spacial score (nSPS) is 14.9. The van der Waals surface area contributed by atoms with Crippen LogP contribution in [-0.4, -0.2) is 29.8 Å². The minimum Gasteiger partial charge on any atom is -0.497 e. The third-order valence-electron chi connectivity index (χ3n) is 3.65. The first-order chi connectivity index (χ1) is 11.0. The maximum atomic E-state index is 12.4. The molecule has 0 unspecified atom stereocenters. The van der Waals surface area contributed by atoms with Crippen molar-refractivity contribution in [2.24, 2.45) is 0 Å². The molecule has 2 aromatic carbocycles. The summed E-state index contributed by atoms with van der Waals surface area (Å²) < 4.78 is 5.11. The Kier molecular flexibility index (Phi) is 3.54. The summed E-state index contributed by atoms with van der Waals surface area (Å²) in [5.41, 5.74) is 1.02. The fraction of sp³-hybridized carbons (Fsp3) is 0.0556. The van der Waals surface area contributed by atoms with E-state index in [4.69, 9.17) is 9.84 Å². The molecule has 0 bridgehead atoms. The van der Waals surface area contributed by atoms with Crippen LogP contribution in [0.1, 0.15) is 36.6 Å². The van der Waals surface area contributed by atoms with Gasteiger partial charge in [-0.3, -0.25) is 9.59 Å². The first kappa shape index (κ1) is 14.7. The number of hydrogen-bond donors (Lipinski definition) is 1. The van der Waals surface area contributed by atoms with Gasteiger partial charge in [0.2, 0.25) is 0 Å². The molecule has 5 heteroatoms. The number of carboxylic acid groups (broad SMARTS) is 1. The number of carboxylic acids is 1. The van der Waals surface area contributed by atoms with Gasteiger partial charge in [0.25, 0.3) is 0 Å². The molecule has 1 N–H and O–H groups in total. The molecule has 1 aliphatic rings. The Morgan fingerprint density at radius 1 is 1.04 bits per heavy atom. The molecule has 0 radical (unpaired) electrons. The van der Waals surface area contributed by atoms with Crippen LogP contribution >= 0.6 is 0 Å². The Bertz CT molecular complexity index is 877. The highest BCUT2D eigenvalue weighted by molar-refractivity contribution is 6.41. The summed E-state index contributed by atoms with van der Waals surface area (Å²) in [5, 5.41) is 9.00. The molecule has 0 amide bonds. The molecule has 0 spiro atoms. The van der Waals surface area contributed by atoms with E-state index in [9.17, 15) is 14.4 Å². The lowest BCUT2D eigenvalue weighted by Gasteiger charge is -2.01. The van der Waals surface area contributed by atoms with Crippen molar-refractivity contribution >= 4 is 23.6 Å². The van der Waals surface area contributed by atoms with E-state index in [1.165, 1.54) is 31.4 Å². The van der Waals surface area contributed by atoms with E-state index in [0.29, 0.717) is 11.3 Å². The van der Waals surface area contributed by atoms with Crippen LogP contribution in [0.25, 0.3) is 6.08 Å². The number of carbonyl (C=O) groups excluding carboxylic acids is 2. The van der Waals surface area contributed by atoms with Gasteiger partial charge in [-0.15, -0.1) is 0 Å². The van der Waals surface area contributed by atoms with E-state index in [2.05, 4.69) is 0 Å². The average molecular weight is 308 g/mol. The lowest BCUT2D eigenvalue weighted by Crippen LogP contribution is -2.01. The molecule has 2 aromatic rings. The molecule has 0 saturated carbocycles. The number of allylic oxidation sites excluding steroid dienone is 1. The van der Waals surface area contributed by atoms with E-state index < -0.39 is 17.5 Å². The summed E-state index contributed by atoms with van der Waals surface area (Å²) in [4.78, 5) is 35.8. The van der Waals surface area contributed by atoms with Gasteiger partial charge in [0.05, 0.1) is 18.2 Å². The zero-order valence-electron chi connectivity index (χ0n) is 12.2. The van der Waals surface area contributed by atoms with Gasteiger partial charge in [-0.2, -0.15) is 0 Å². The van der Waals surface area contributed by atoms with Gasteiger partial charge in [-0.1, -0.05) is 12.1 Å². The monoisotopic (exact) mass is 308 g/mol. The van der Waals surface area contributed by atoms with Crippen LogP contribution < -0.4 is 4.74 Å². The topological polar surface area (TPSA) is 80.7 Å². The van der Waals surface area contributed by atoms with Gasteiger partial charge in [-0.25, -0.2) is 4.79 Å². The van der Waals surface area contributed by atoms with E-state index >= 15 is 0 Å². The highest BCUT2D eigenvalue weighted by Crippen LogP contribution is 2.29. The quantitative estimate of drug-likeness (QED) is 0.696. The minimum atomic E-state index is -1.14. The molecule has 0 atom stereocenters. The second-order valence-corrected chi connectivity index (χ2v) is 5.06. The second kappa shape index (κ2) is 5.53. The molecular weight excluding hydrogens is 296 g/mol. The number of Topliss-reactive ketones (excluding diaryl/α,β-unsaturated/α-hetero) is 2. The van der Waals surface area contributed by atoms with Crippen LogP contribution in [0.2, 0.25) is 0 Å². The molecule has 0 fully saturated rings. The maximum absolute atomic E-state index is 12.4. The smallest absolute Gasteiger partial charge is 0.335 e. The fourth-order valence-electron chi connectivity index (χ4n) is 2.49. The standard InChI is InChI=1S/C18H12O5/c1-23-12-4-2-3-10(7-12)8-15-16(19)13-6-5-11(18(21)22)9-14(13)17(15)20/h2-9H,1H3,(H,21,22)/b15-8-. The Labute approximate surface area is 131 Å².